The van der Waals surface area contributed by atoms with E-state index in [-0.39, 0.29) is 41.2 Å². The summed E-state index contributed by atoms with van der Waals surface area (Å²) in [4.78, 5) is 33.9. The second kappa shape index (κ2) is 16.1. The second-order valence-corrected chi connectivity index (χ2v) is 23.9. The summed E-state index contributed by atoms with van der Waals surface area (Å²) in [6.07, 6.45) is 5.18. The first-order chi connectivity index (χ1) is 27.8. The van der Waals surface area contributed by atoms with Crippen LogP contribution < -0.4 is 19.1 Å². The molecule has 58 heavy (non-hydrogen) atoms. The number of hydrogen-bond acceptors (Lipinski definition) is 11. The SMILES string of the molecule is COCOc1cc(Oc2nc3c(N4C[C@H]5CC[C@@H](C4)N5C(=O)O)nc(OCC45CCCN4CCC5)nc3s2)c2c(C#C[Si](C(C)C)(C(C)C)C(C)C)c(F)ccc2c1. The van der Waals surface area contributed by atoms with Gasteiger partial charge in [-0.05, 0) is 85.8 Å². The Labute approximate surface area is 345 Å². The number of nitrogens with zero attached hydrogens (tertiary/aromatic N) is 6. The van der Waals surface area contributed by atoms with Crippen LogP contribution in [0, 0.1) is 17.3 Å². The zero-order valence-corrected chi connectivity index (χ0v) is 36.5. The van der Waals surface area contributed by atoms with Crippen LogP contribution in [-0.2, 0) is 4.74 Å². The van der Waals surface area contributed by atoms with E-state index in [2.05, 4.69) is 62.8 Å². The van der Waals surface area contributed by atoms with Crippen LogP contribution in [0.1, 0.15) is 85.6 Å². The van der Waals surface area contributed by atoms with Crippen molar-refractivity contribution in [3.05, 3.63) is 35.6 Å². The zero-order chi connectivity index (χ0) is 40.9. The van der Waals surface area contributed by atoms with Gasteiger partial charge in [0, 0.05) is 31.7 Å². The van der Waals surface area contributed by atoms with E-state index in [1.165, 1.54) is 17.4 Å². The zero-order valence-electron chi connectivity index (χ0n) is 34.6. The lowest BCUT2D eigenvalue weighted by Gasteiger charge is -2.40. The van der Waals surface area contributed by atoms with Gasteiger partial charge in [-0.25, -0.2) is 9.18 Å². The lowest BCUT2D eigenvalue weighted by Crippen LogP contribution is -2.55. The molecule has 4 fully saturated rings. The Hall–Kier alpha value is -4.23. The highest BCUT2D eigenvalue weighted by atomic mass is 32.1. The van der Waals surface area contributed by atoms with Gasteiger partial charge in [-0.2, -0.15) is 15.0 Å². The molecule has 6 heterocycles. The molecule has 0 saturated carbocycles. The van der Waals surface area contributed by atoms with Gasteiger partial charge in [0.25, 0.3) is 5.19 Å². The number of hydrogen-bond donors (Lipinski definition) is 1. The predicted molar refractivity (Wildman–Crippen MR) is 227 cm³/mol. The molecule has 1 amide bonds. The van der Waals surface area contributed by atoms with Gasteiger partial charge in [0.05, 0.1) is 23.2 Å². The van der Waals surface area contributed by atoms with Crippen LogP contribution in [0.3, 0.4) is 0 Å². The highest BCUT2D eigenvalue weighted by Gasteiger charge is 2.46. The summed E-state index contributed by atoms with van der Waals surface area (Å²) in [5, 5.41) is 11.5. The molecule has 4 aromatic rings. The summed E-state index contributed by atoms with van der Waals surface area (Å²) >= 11 is 1.26. The number of carbonyl (C=O) groups is 1. The Balaban J connectivity index is 1.22. The summed E-state index contributed by atoms with van der Waals surface area (Å²) in [7, 11) is -0.668. The van der Waals surface area contributed by atoms with Crippen molar-refractivity contribution in [2.75, 3.05) is 51.6 Å². The number of piperazine rings is 1. The van der Waals surface area contributed by atoms with Gasteiger partial charge in [-0.15, -0.1) is 5.54 Å². The minimum atomic E-state index is -2.22. The Morgan fingerprint density at radius 2 is 1.69 bits per heavy atom. The highest BCUT2D eigenvalue weighted by Crippen LogP contribution is 2.45. The van der Waals surface area contributed by atoms with Crippen LogP contribution in [0.5, 0.6) is 22.7 Å². The molecule has 0 unspecified atom stereocenters. The Morgan fingerprint density at radius 1 is 1.00 bits per heavy atom. The molecule has 2 aromatic heterocycles. The molecule has 2 aromatic carbocycles. The summed E-state index contributed by atoms with van der Waals surface area (Å²) in [5.41, 5.74) is 5.63. The number of methoxy groups -OCH3 is 1. The number of carboxylic acid groups (broad SMARTS) is 1. The van der Waals surface area contributed by atoms with Crippen molar-refractivity contribution in [1.82, 2.24) is 24.8 Å². The Kier molecular flexibility index (Phi) is 11.2. The molecular weight excluding hydrogens is 776 g/mol. The van der Waals surface area contributed by atoms with Crippen LogP contribution in [0.4, 0.5) is 15.0 Å². The fraction of sp³-hybridized carbons (Fsp3) is 0.581. The van der Waals surface area contributed by atoms with E-state index in [1.54, 1.807) is 24.1 Å². The molecule has 4 aliphatic rings. The van der Waals surface area contributed by atoms with Gasteiger partial charge >= 0.3 is 12.1 Å². The molecule has 4 saturated heterocycles. The number of halogens is 1. The van der Waals surface area contributed by atoms with E-state index in [9.17, 15) is 9.90 Å². The summed E-state index contributed by atoms with van der Waals surface area (Å²) in [6, 6.07) is 6.71. The fourth-order valence-electron chi connectivity index (χ4n) is 10.6. The molecule has 4 aliphatic heterocycles. The smallest absolute Gasteiger partial charge is 0.407 e. The number of rotatable bonds is 12. The molecule has 1 N–H and O–H groups in total. The van der Waals surface area contributed by atoms with Crippen molar-refractivity contribution < 1.29 is 33.2 Å². The summed E-state index contributed by atoms with van der Waals surface area (Å²) < 4.78 is 40.4. The maximum Gasteiger partial charge on any atom is 0.407 e. The van der Waals surface area contributed by atoms with E-state index >= 15 is 4.39 Å². The lowest BCUT2D eigenvalue weighted by molar-refractivity contribution is 0.0511. The molecule has 0 aliphatic carbocycles. The minimum Gasteiger partial charge on any atom is -0.467 e. The predicted octanol–water partition coefficient (Wildman–Crippen LogP) is 9.06. The number of ether oxygens (including phenoxy) is 4. The fourth-order valence-corrected chi connectivity index (χ4v) is 16.6. The van der Waals surface area contributed by atoms with Crippen LogP contribution >= 0.6 is 11.3 Å². The Bertz CT molecular complexity index is 2210. The van der Waals surface area contributed by atoms with Crippen LogP contribution in [-0.4, -0.2) is 108 Å². The first-order valence-corrected chi connectivity index (χ1v) is 23.8. The van der Waals surface area contributed by atoms with Crippen molar-refractivity contribution in [3.63, 3.8) is 0 Å². The third kappa shape index (κ3) is 7.24. The normalized spacial score (nSPS) is 20.4. The molecule has 0 spiro atoms. The van der Waals surface area contributed by atoms with Gasteiger partial charge in [0.2, 0.25) is 0 Å². The van der Waals surface area contributed by atoms with Crippen LogP contribution in [0.2, 0.25) is 16.6 Å². The van der Waals surface area contributed by atoms with Gasteiger partial charge in [-0.3, -0.25) is 9.80 Å². The molecular formula is C43H55FN6O6SSi. The standard InChI is InChI=1S/C43H55FN6O6SSi/c1-26(2)58(27(3)4,28(5)6)19-14-33-34(44)13-10-29-20-32(55-25-53-7)21-35(36(29)33)56-41-45-37-38(48-22-30-11-12-31(23-48)50(30)42(51)52)46-40(47-39(37)57-41)54-24-43-15-8-17-49(43)18-9-16-43/h10,13,20-21,26-28,30-31H,8-9,11-12,15-18,22-25H2,1-7H3,(H,51,52)/t30-,31+. The van der Waals surface area contributed by atoms with Gasteiger partial charge in [0.15, 0.2) is 17.4 Å². The maximum atomic E-state index is 16.1. The molecule has 8 rings (SSSR count). The van der Waals surface area contributed by atoms with Crippen LogP contribution in [0.25, 0.3) is 21.1 Å². The van der Waals surface area contributed by atoms with Crippen molar-refractivity contribution in [2.45, 2.75) is 114 Å². The van der Waals surface area contributed by atoms with Gasteiger partial charge in [-0.1, -0.05) is 64.9 Å². The van der Waals surface area contributed by atoms with E-state index in [4.69, 9.17) is 33.9 Å². The molecule has 12 nitrogen and oxygen atoms in total. The number of amides is 1. The largest absolute Gasteiger partial charge is 0.467 e. The average molecular weight is 831 g/mol. The van der Waals surface area contributed by atoms with E-state index < -0.39 is 20.0 Å². The molecule has 2 atom stereocenters. The van der Waals surface area contributed by atoms with Crippen molar-refractivity contribution in [1.29, 1.82) is 0 Å². The van der Waals surface area contributed by atoms with Crippen molar-refractivity contribution >= 4 is 52.4 Å². The highest BCUT2D eigenvalue weighted by molar-refractivity contribution is 7.19. The van der Waals surface area contributed by atoms with E-state index in [1.807, 2.05) is 6.07 Å². The third-order valence-corrected chi connectivity index (χ3v) is 20.4. The number of benzene rings is 2. The minimum absolute atomic E-state index is 0.00116. The van der Waals surface area contributed by atoms with Gasteiger partial charge < -0.3 is 29.0 Å². The third-order valence-electron chi connectivity index (χ3n) is 13.3. The number of fused-ring (bicyclic) bond motifs is 5. The Morgan fingerprint density at radius 3 is 2.33 bits per heavy atom. The molecule has 0 radical (unpaired) electrons. The van der Waals surface area contributed by atoms with E-state index in [0.29, 0.717) is 74.8 Å². The lowest BCUT2D eigenvalue weighted by atomic mass is 9.95. The first kappa shape index (κ1) is 40.5. The van der Waals surface area contributed by atoms with Crippen LogP contribution in [0.15, 0.2) is 24.3 Å². The van der Waals surface area contributed by atoms with E-state index in [0.717, 1.165) is 51.6 Å². The number of thiazole rings is 1. The molecule has 310 valence electrons. The van der Waals surface area contributed by atoms with Gasteiger partial charge in [0.1, 0.15) is 37.5 Å². The molecule has 15 heteroatoms. The van der Waals surface area contributed by atoms with Crippen molar-refractivity contribution in [2.24, 2.45) is 0 Å². The second-order valence-electron chi connectivity index (χ2n) is 17.4. The quantitative estimate of drug-likeness (QED) is 0.0836. The number of aromatic nitrogens is 3. The first-order valence-electron chi connectivity index (χ1n) is 20.7. The topological polar surface area (TPSA) is 123 Å². The summed E-state index contributed by atoms with van der Waals surface area (Å²) in [5.74, 6) is 4.38. The number of anilines is 1. The average Bonchev–Trinajstić information content (AvgIpc) is 3.94. The summed E-state index contributed by atoms with van der Waals surface area (Å²) in [6.45, 7) is 17.1. The maximum absolute atomic E-state index is 16.1. The monoisotopic (exact) mass is 830 g/mol. The molecule has 2 bridgehead atoms. The van der Waals surface area contributed by atoms with Crippen molar-refractivity contribution in [3.8, 4) is 34.2 Å².